The second-order valence-electron chi connectivity index (χ2n) is 9.60. The number of aliphatic carboxylic acids is 1. The van der Waals surface area contributed by atoms with Gasteiger partial charge in [-0.1, -0.05) is 29.8 Å². The van der Waals surface area contributed by atoms with Gasteiger partial charge in [0.1, 0.15) is 13.2 Å². The molecule has 1 fully saturated rings. The predicted molar refractivity (Wildman–Crippen MR) is 148 cm³/mol. The summed E-state index contributed by atoms with van der Waals surface area (Å²) in [4.78, 5) is 21.4. The molecule has 0 radical (unpaired) electrons. The number of H-pyrrole nitrogens is 1. The van der Waals surface area contributed by atoms with Crippen LogP contribution in [0.3, 0.4) is 0 Å². The van der Waals surface area contributed by atoms with Crippen molar-refractivity contribution in [3.63, 3.8) is 0 Å². The molecule has 1 saturated heterocycles. The SMILES string of the molecule is Cc1cc(Nc2ncc(Cl)c(-c3c[nH]c4ccccc34)n2)c2c(c1C1CCNCC1)OCCO2.O=C(O)C(F)(F)F. The maximum absolute atomic E-state index is 10.6. The number of piperidine rings is 1. The zero-order valence-corrected chi connectivity index (χ0v) is 22.7. The zero-order chi connectivity index (χ0) is 29.1. The second-order valence-corrected chi connectivity index (χ2v) is 10.0. The highest BCUT2D eigenvalue weighted by Gasteiger charge is 2.38. The minimum atomic E-state index is -5.08. The van der Waals surface area contributed by atoms with Gasteiger partial charge in [-0.3, -0.25) is 0 Å². The van der Waals surface area contributed by atoms with Crippen molar-refractivity contribution in [3.05, 3.63) is 58.9 Å². The number of fused-ring (bicyclic) bond motifs is 2. The lowest BCUT2D eigenvalue weighted by atomic mass is 9.86. The zero-order valence-electron chi connectivity index (χ0n) is 21.9. The van der Waals surface area contributed by atoms with Crippen molar-refractivity contribution in [3.8, 4) is 22.8 Å². The van der Waals surface area contributed by atoms with E-state index in [1.807, 2.05) is 24.4 Å². The number of nitrogens with one attached hydrogen (secondary N) is 3. The summed E-state index contributed by atoms with van der Waals surface area (Å²) >= 11 is 6.52. The van der Waals surface area contributed by atoms with Gasteiger partial charge >= 0.3 is 12.1 Å². The molecule has 2 aliphatic heterocycles. The number of hydrogen-bond donors (Lipinski definition) is 4. The van der Waals surface area contributed by atoms with E-state index in [0.717, 1.165) is 59.6 Å². The number of nitrogens with zero attached hydrogens (tertiary/aromatic N) is 2. The molecule has 0 unspecified atom stereocenters. The van der Waals surface area contributed by atoms with Gasteiger partial charge in [-0.05, 0) is 56.5 Å². The number of aromatic amines is 1. The number of carboxylic acid groups (broad SMARTS) is 1. The fourth-order valence-electron chi connectivity index (χ4n) is 5.07. The number of carboxylic acids is 1. The second kappa shape index (κ2) is 11.8. The quantitative estimate of drug-likeness (QED) is 0.222. The molecule has 4 N–H and O–H groups in total. The van der Waals surface area contributed by atoms with Crippen LogP contribution in [0.1, 0.15) is 29.9 Å². The van der Waals surface area contributed by atoms with E-state index in [-0.39, 0.29) is 0 Å². The lowest BCUT2D eigenvalue weighted by Gasteiger charge is -2.30. The highest BCUT2D eigenvalue weighted by Crippen LogP contribution is 2.47. The first-order chi connectivity index (χ1) is 19.6. The lowest BCUT2D eigenvalue weighted by molar-refractivity contribution is -0.192. The largest absolute Gasteiger partial charge is 0.490 e. The summed E-state index contributed by atoms with van der Waals surface area (Å²) in [6, 6.07) is 10.2. The molecule has 6 rings (SSSR count). The molecular formula is C28H27ClF3N5O4. The molecule has 0 atom stereocenters. The fraction of sp³-hybridized carbons (Fsp3) is 0.321. The number of rotatable bonds is 4. The van der Waals surface area contributed by atoms with Crippen molar-refractivity contribution in [1.29, 1.82) is 0 Å². The molecule has 13 heteroatoms. The van der Waals surface area contributed by atoms with Gasteiger partial charge in [-0.15, -0.1) is 0 Å². The minimum absolute atomic E-state index is 0.454. The lowest BCUT2D eigenvalue weighted by Crippen LogP contribution is -2.28. The summed E-state index contributed by atoms with van der Waals surface area (Å²) in [7, 11) is 0. The highest BCUT2D eigenvalue weighted by molar-refractivity contribution is 6.33. The number of hydrogen-bond acceptors (Lipinski definition) is 7. The number of para-hydroxylation sites is 1. The molecule has 216 valence electrons. The van der Waals surface area contributed by atoms with Gasteiger partial charge in [0, 0.05) is 28.2 Å². The molecule has 0 amide bonds. The van der Waals surface area contributed by atoms with Gasteiger partial charge in [0.05, 0.1) is 22.6 Å². The van der Waals surface area contributed by atoms with Crippen LogP contribution in [0.5, 0.6) is 11.5 Å². The van der Waals surface area contributed by atoms with E-state index in [1.54, 1.807) is 6.20 Å². The molecule has 2 aromatic heterocycles. The number of halogens is 4. The first kappa shape index (κ1) is 28.5. The van der Waals surface area contributed by atoms with Gasteiger partial charge in [0.2, 0.25) is 5.95 Å². The average Bonchev–Trinajstić information content (AvgIpc) is 3.38. The van der Waals surface area contributed by atoms with Crippen molar-refractivity contribution in [1.82, 2.24) is 20.3 Å². The van der Waals surface area contributed by atoms with Crippen molar-refractivity contribution >= 4 is 40.1 Å². The molecule has 0 spiro atoms. The smallest absolute Gasteiger partial charge is 0.486 e. The third-order valence-electron chi connectivity index (χ3n) is 6.88. The minimum Gasteiger partial charge on any atom is -0.486 e. The third-order valence-corrected chi connectivity index (χ3v) is 7.16. The van der Waals surface area contributed by atoms with Crippen LogP contribution in [0.4, 0.5) is 24.8 Å². The van der Waals surface area contributed by atoms with Crippen molar-refractivity contribution in [2.75, 3.05) is 31.6 Å². The van der Waals surface area contributed by atoms with Crippen LogP contribution in [0.25, 0.3) is 22.2 Å². The number of benzene rings is 2. The maximum atomic E-state index is 10.6. The normalized spacial score (nSPS) is 15.2. The number of ether oxygens (including phenoxy) is 2. The van der Waals surface area contributed by atoms with E-state index >= 15 is 0 Å². The Hall–Kier alpha value is -4.03. The Morgan fingerprint density at radius 1 is 1.15 bits per heavy atom. The monoisotopic (exact) mass is 589 g/mol. The van der Waals surface area contributed by atoms with Crippen molar-refractivity contribution in [2.24, 2.45) is 0 Å². The van der Waals surface area contributed by atoms with Crippen LogP contribution >= 0.6 is 11.6 Å². The Labute approximate surface area is 238 Å². The van der Waals surface area contributed by atoms with E-state index in [9.17, 15) is 13.2 Å². The van der Waals surface area contributed by atoms with E-state index in [4.69, 9.17) is 36.0 Å². The summed E-state index contributed by atoms with van der Waals surface area (Å²) in [5.41, 5.74) is 5.89. The summed E-state index contributed by atoms with van der Waals surface area (Å²) in [6.45, 7) is 5.25. The van der Waals surface area contributed by atoms with Crippen LogP contribution < -0.4 is 20.1 Å². The van der Waals surface area contributed by atoms with Crippen molar-refractivity contribution in [2.45, 2.75) is 31.9 Å². The van der Waals surface area contributed by atoms with E-state index in [0.29, 0.717) is 35.8 Å². The number of aryl methyl sites for hydroxylation is 1. The van der Waals surface area contributed by atoms with E-state index < -0.39 is 12.1 Å². The van der Waals surface area contributed by atoms with Gasteiger partial charge < -0.3 is 30.2 Å². The van der Waals surface area contributed by atoms with Crippen LogP contribution in [0.15, 0.2) is 42.7 Å². The maximum Gasteiger partial charge on any atom is 0.490 e. The molecular weight excluding hydrogens is 563 g/mol. The summed E-state index contributed by atoms with van der Waals surface area (Å²) in [6.07, 6.45) is 0.670. The number of anilines is 2. The standard InChI is InChI=1S/C26H26ClN5O2.C2HF3O2/c1-15-12-21(24-25(34-11-10-33-24)22(15)16-6-8-28-9-7-16)31-26-30-14-19(27)23(32-26)18-13-29-20-5-3-2-4-17(18)20;3-2(4,5)1(6)7/h2-5,12-14,16,28-29H,6-11H2,1H3,(H,30,31,32);(H,6,7). The van der Waals surface area contributed by atoms with Crippen LogP contribution in [0.2, 0.25) is 5.02 Å². The summed E-state index contributed by atoms with van der Waals surface area (Å²) in [5.74, 6) is -0.252. The average molecular weight is 590 g/mol. The molecule has 2 aromatic carbocycles. The molecule has 9 nitrogen and oxygen atoms in total. The number of aromatic nitrogens is 3. The first-order valence-electron chi connectivity index (χ1n) is 12.9. The Morgan fingerprint density at radius 3 is 2.54 bits per heavy atom. The molecule has 0 aliphatic carbocycles. The summed E-state index contributed by atoms with van der Waals surface area (Å²) in [5, 5.41) is 15.5. The van der Waals surface area contributed by atoms with Gasteiger partial charge in [0.25, 0.3) is 0 Å². The Bertz CT molecular complexity index is 1570. The molecule has 41 heavy (non-hydrogen) atoms. The van der Waals surface area contributed by atoms with Crippen LogP contribution in [-0.4, -0.2) is 58.5 Å². The topological polar surface area (TPSA) is 121 Å². The molecule has 0 saturated carbocycles. The van der Waals surface area contributed by atoms with E-state index in [2.05, 4.69) is 39.7 Å². The molecule has 4 heterocycles. The summed E-state index contributed by atoms with van der Waals surface area (Å²) < 4.78 is 44.0. The number of alkyl halides is 3. The predicted octanol–water partition coefficient (Wildman–Crippen LogP) is 6.20. The first-order valence-corrected chi connectivity index (χ1v) is 13.3. The third kappa shape index (κ3) is 6.18. The van der Waals surface area contributed by atoms with Gasteiger partial charge in [0.15, 0.2) is 11.5 Å². The van der Waals surface area contributed by atoms with Gasteiger partial charge in [-0.2, -0.15) is 13.2 Å². The van der Waals surface area contributed by atoms with Gasteiger partial charge in [-0.25, -0.2) is 14.8 Å². The highest BCUT2D eigenvalue weighted by atomic mass is 35.5. The Morgan fingerprint density at radius 2 is 1.83 bits per heavy atom. The molecule has 0 bridgehead atoms. The Balaban J connectivity index is 0.000000431. The molecule has 2 aliphatic rings. The van der Waals surface area contributed by atoms with E-state index in [1.165, 1.54) is 11.1 Å². The fourth-order valence-corrected chi connectivity index (χ4v) is 5.27. The van der Waals surface area contributed by atoms with Crippen molar-refractivity contribution < 1.29 is 32.5 Å². The van der Waals surface area contributed by atoms with Crippen LogP contribution in [0, 0.1) is 6.92 Å². The number of carbonyl (C=O) groups is 1. The Kier molecular flexibility index (Phi) is 8.22. The molecule has 4 aromatic rings. The van der Waals surface area contributed by atoms with Crippen LogP contribution in [-0.2, 0) is 4.79 Å².